The SMILES string of the molecule is Cc1cnn(Cc2cc(F)ccc2F)c1NC(=O)CCNC(=O)C1CC1C. The van der Waals surface area contributed by atoms with Crippen molar-refractivity contribution < 1.29 is 18.4 Å². The Morgan fingerprint density at radius 1 is 1.33 bits per heavy atom. The van der Waals surface area contributed by atoms with Crippen molar-refractivity contribution in [2.24, 2.45) is 11.8 Å². The van der Waals surface area contributed by atoms with Gasteiger partial charge in [-0.05, 0) is 37.5 Å². The highest BCUT2D eigenvalue weighted by atomic mass is 19.1. The summed E-state index contributed by atoms with van der Waals surface area (Å²) in [5.41, 5.74) is 0.843. The number of rotatable bonds is 7. The minimum Gasteiger partial charge on any atom is -0.355 e. The van der Waals surface area contributed by atoms with Crippen molar-refractivity contribution >= 4 is 17.6 Å². The maximum Gasteiger partial charge on any atom is 0.227 e. The lowest BCUT2D eigenvalue weighted by molar-refractivity contribution is -0.122. The fourth-order valence-corrected chi connectivity index (χ4v) is 2.90. The molecule has 2 amide bonds. The Balaban J connectivity index is 1.58. The molecule has 27 heavy (non-hydrogen) atoms. The Kier molecular flexibility index (Phi) is 5.53. The number of halogens is 2. The summed E-state index contributed by atoms with van der Waals surface area (Å²) in [5, 5.41) is 9.62. The van der Waals surface area contributed by atoms with E-state index in [9.17, 15) is 18.4 Å². The van der Waals surface area contributed by atoms with Gasteiger partial charge in [-0.3, -0.25) is 9.59 Å². The van der Waals surface area contributed by atoms with E-state index in [0.29, 0.717) is 17.3 Å². The molecule has 0 radical (unpaired) electrons. The van der Waals surface area contributed by atoms with Crippen molar-refractivity contribution in [3.63, 3.8) is 0 Å². The van der Waals surface area contributed by atoms with Gasteiger partial charge in [0.25, 0.3) is 0 Å². The Hall–Kier alpha value is -2.77. The maximum absolute atomic E-state index is 13.9. The molecule has 144 valence electrons. The van der Waals surface area contributed by atoms with Gasteiger partial charge in [-0.2, -0.15) is 5.10 Å². The molecule has 1 aliphatic rings. The van der Waals surface area contributed by atoms with E-state index in [-0.39, 0.29) is 42.8 Å². The second-order valence-corrected chi connectivity index (χ2v) is 6.98. The summed E-state index contributed by atoms with van der Waals surface area (Å²) in [5.74, 6) is -0.481. The Labute approximate surface area is 155 Å². The maximum atomic E-state index is 13.9. The number of carbonyl (C=O) groups is 2. The van der Waals surface area contributed by atoms with E-state index in [1.165, 1.54) is 4.68 Å². The van der Waals surface area contributed by atoms with Crippen LogP contribution in [0.3, 0.4) is 0 Å². The van der Waals surface area contributed by atoms with Gasteiger partial charge in [-0.15, -0.1) is 0 Å². The van der Waals surface area contributed by atoms with Crippen LogP contribution in [0.2, 0.25) is 0 Å². The quantitative estimate of drug-likeness (QED) is 0.780. The molecule has 1 fully saturated rings. The third-order valence-corrected chi connectivity index (χ3v) is 4.71. The first-order valence-corrected chi connectivity index (χ1v) is 8.89. The molecule has 0 aliphatic heterocycles. The molecule has 1 saturated carbocycles. The average Bonchev–Trinajstić information content (AvgIpc) is 3.27. The van der Waals surface area contributed by atoms with Gasteiger partial charge in [0.05, 0.1) is 12.7 Å². The summed E-state index contributed by atoms with van der Waals surface area (Å²) in [6.07, 6.45) is 2.56. The number of anilines is 1. The van der Waals surface area contributed by atoms with Crippen LogP contribution >= 0.6 is 0 Å². The topological polar surface area (TPSA) is 76.0 Å². The van der Waals surface area contributed by atoms with E-state index in [0.717, 1.165) is 24.6 Å². The summed E-state index contributed by atoms with van der Waals surface area (Å²) in [6, 6.07) is 3.21. The smallest absolute Gasteiger partial charge is 0.227 e. The highest BCUT2D eigenvalue weighted by Gasteiger charge is 2.38. The lowest BCUT2D eigenvalue weighted by Gasteiger charge is -2.11. The summed E-state index contributed by atoms with van der Waals surface area (Å²) >= 11 is 0. The van der Waals surface area contributed by atoms with Gasteiger partial charge in [0.15, 0.2) is 0 Å². The standard InChI is InChI=1S/C19H22F2N4O2/c1-11-7-15(11)19(27)22-6-5-17(26)24-18-12(2)9-23-25(18)10-13-8-14(20)3-4-16(13)21/h3-4,8-9,11,15H,5-7,10H2,1-2H3,(H,22,27)(H,24,26). The van der Waals surface area contributed by atoms with Gasteiger partial charge in [0, 0.05) is 30.0 Å². The molecule has 2 N–H and O–H groups in total. The molecule has 2 atom stereocenters. The molecule has 2 unspecified atom stereocenters. The van der Waals surface area contributed by atoms with Crippen LogP contribution in [0.1, 0.15) is 30.9 Å². The monoisotopic (exact) mass is 376 g/mol. The van der Waals surface area contributed by atoms with Gasteiger partial charge in [-0.1, -0.05) is 6.92 Å². The lowest BCUT2D eigenvalue weighted by Crippen LogP contribution is -2.29. The number of carbonyl (C=O) groups excluding carboxylic acids is 2. The largest absolute Gasteiger partial charge is 0.355 e. The number of nitrogens with zero attached hydrogens (tertiary/aromatic N) is 2. The molecular weight excluding hydrogens is 354 g/mol. The van der Waals surface area contributed by atoms with Crippen LogP contribution in [-0.2, 0) is 16.1 Å². The first-order valence-electron chi connectivity index (χ1n) is 8.89. The molecule has 0 saturated heterocycles. The van der Waals surface area contributed by atoms with Crippen molar-refractivity contribution in [1.82, 2.24) is 15.1 Å². The van der Waals surface area contributed by atoms with Crippen LogP contribution in [0.25, 0.3) is 0 Å². The van der Waals surface area contributed by atoms with Gasteiger partial charge < -0.3 is 10.6 Å². The second kappa shape index (κ2) is 7.85. The van der Waals surface area contributed by atoms with Crippen molar-refractivity contribution in [3.05, 3.63) is 47.2 Å². The molecule has 6 nitrogen and oxygen atoms in total. The normalized spacial score (nSPS) is 18.2. The van der Waals surface area contributed by atoms with E-state index in [1.807, 2.05) is 6.92 Å². The van der Waals surface area contributed by atoms with E-state index in [1.54, 1.807) is 13.1 Å². The zero-order valence-corrected chi connectivity index (χ0v) is 15.3. The fourth-order valence-electron chi connectivity index (χ4n) is 2.90. The molecular formula is C19H22F2N4O2. The Morgan fingerprint density at radius 2 is 2.07 bits per heavy atom. The van der Waals surface area contributed by atoms with Crippen LogP contribution in [0, 0.1) is 30.4 Å². The van der Waals surface area contributed by atoms with Gasteiger partial charge in [0.2, 0.25) is 11.8 Å². The van der Waals surface area contributed by atoms with Crippen LogP contribution in [0.5, 0.6) is 0 Å². The molecule has 2 aromatic rings. The van der Waals surface area contributed by atoms with Crippen molar-refractivity contribution in [2.75, 3.05) is 11.9 Å². The Morgan fingerprint density at radius 3 is 2.78 bits per heavy atom. The molecule has 8 heteroatoms. The highest BCUT2D eigenvalue weighted by molar-refractivity contribution is 5.91. The number of nitrogens with one attached hydrogen (secondary N) is 2. The first kappa shape index (κ1) is 19.0. The van der Waals surface area contributed by atoms with Crippen LogP contribution in [0.4, 0.5) is 14.6 Å². The molecule has 0 spiro atoms. The van der Waals surface area contributed by atoms with Gasteiger partial charge >= 0.3 is 0 Å². The highest BCUT2D eigenvalue weighted by Crippen LogP contribution is 2.37. The number of amides is 2. The number of hydrogen-bond donors (Lipinski definition) is 2. The van der Waals surface area contributed by atoms with Crippen LogP contribution < -0.4 is 10.6 Å². The van der Waals surface area contributed by atoms with E-state index in [2.05, 4.69) is 15.7 Å². The minimum absolute atomic E-state index is 0.0106. The van der Waals surface area contributed by atoms with Crippen LogP contribution in [-0.4, -0.2) is 28.1 Å². The zero-order chi connectivity index (χ0) is 19.6. The van der Waals surface area contributed by atoms with E-state index in [4.69, 9.17) is 0 Å². The minimum atomic E-state index is -0.543. The summed E-state index contributed by atoms with van der Waals surface area (Å²) in [6.45, 7) is 4.02. The first-order chi connectivity index (χ1) is 12.8. The predicted molar refractivity (Wildman–Crippen MR) is 96.0 cm³/mol. The predicted octanol–water partition coefficient (Wildman–Crippen LogP) is 2.62. The van der Waals surface area contributed by atoms with E-state index >= 15 is 0 Å². The molecule has 1 aliphatic carbocycles. The summed E-state index contributed by atoms with van der Waals surface area (Å²) in [7, 11) is 0. The van der Waals surface area contributed by atoms with Gasteiger partial charge in [0.1, 0.15) is 17.5 Å². The number of hydrogen-bond acceptors (Lipinski definition) is 3. The summed E-state index contributed by atoms with van der Waals surface area (Å²) < 4.78 is 28.6. The van der Waals surface area contributed by atoms with Crippen LogP contribution in [0.15, 0.2) is 24.4 Å². The second-order valence-electron chi connectivity index (χ2n) is 6.98. The molecule has 1 aromatic heterocycles. The molecule has 3 rings (SSSR count). The Bertz CT molecular complexity index is 865. The lowest BCUT2D eigenvalue weighted by atomic mass is 10.2. The number of aryl methyl sites for hydroxylation is 1. The molecule has 1 aromatic carbocycles. The van der Waals surface area contributed by atoms with Crippen molar-refractivity contribution in [2.45, 2.75) is 33.2 Å². The fraction of sp³-hybridized carbons (Fsp3) is 0.421. The molecule has 1 heterocycles. The third-order valence-electron chi connectivity index (χ3n) is 4.71. The average molecular weight is 376 g/mol. The number of benzene rings is 1. The van der Waals surface area contributed by atoms with Crippen molar-refractivity contribution in [1.29, 1.82) is 0 Å². The third kappa shape index (κ3) is 4.69. The zero-order valence-electron chi connectivity index (χ0n) is 15.3. The van der Waals surface area contributed by atoms with Crippen molar-refractivity contribution in [3.8, 4) is 0 Å². The van der Waals surface area contributed by atoms with E-state index < -0.39 is 11.6 Å². The van der Waals surface area contributed by atoms with Gasteiger partial charge in [-0.25, -0.2) is 13.5 Å². The number of aromatic nitrogens is 2. The summed E-state index contributed by atoms with van der Waals surface area (Å²) in [4.78, 5) is 23.9. The molecule has 0 bridgehead atoms.